The second kappa shape index (κ2) is 12.1. The van der Waals surface area contributed by atoms with Gasteiger partial charge in [0.25, 0.3) is 0 Å². The van der Waals surface area contributed by atoms with Crippen LogP contribution >= 0.6 is 12.2 Å². The number of esters is 3. The number of rotatable bonds is 8. The van der Waals surface area contributed by atoms with Gasteiger partial charge in [-0.25, -0.2) is 14.4 Å². The Morgan fingerprint density at radius 1 is 0.730 bits per heavy atom. The lowest BCUT2D eigenvalue weighted by molar-refractivity contribution is -0.0456. The monoisotopic (exact) mass is 520 g/mol. The van der Waals surface area contributed by atoms with Crippen molar-refractivity contribution >= 4 is 35.2 Å². The van der Waals surface area contributed by atoms with Crippen molar-refractivity contribution in [3.05, 3.63) is 108 Å². The molecule has 1 fully saturated rings. The number of nitrogens with two attached hydrogens (primary N) is 1. The van der Waals surface area contributed by atoms with Crippen molar-refractivity contribution in [2.45, 2.75) is 24.5 Å². The zero-order chi connectivity index (χ0) is 26.2. The normalized spacial score (nSPS) is 20.4. The Kier molecular flexibility index (Phi) is 8.44. The number of carbonyl (C=O) groups excluding carboxylic acids is 3. The van der Waals surface area contributed by atoms with Crippen LogP contribution in [0.2, 0.25) is 0 Å². The van der Waals surface area contributed by atoms with Crippen LogP contribution in [0.15, 0.2) is 91.0 Å². The second-order valence-electron chi connectivity index (χ2n) is 8.04. The van der Waals surface area contributed by atoms with E-state index >= 15 is 0 Å². The van der Waals surface area contributed by atoms with Gasteiger partial charge in [0.05, 0.1) is 16.7 Å². The summed E-state index contributed by atoms with van der Waals surface area (Å²) in [5, 5.41) is 2.59. The third-order valence-corrected chi connectivity index (χ3v) is 5.61. The van der Waals surface area contributed by atoms with Crippen LogP contribution in [0.25, 0.3) is 0 Å². The molecule has 0 unspecified atom stereocenters. The fraction of sp³-hybridized carbons (Fsp3) is 0.185. The Morgan fingerprint density at radius 2 is 1.16 bits per heavy atom. The summed E-state index contributed by atoms with van der Waals surface area (Å²) in [4.78, 5) is 38.4. The average molecular weight is 521 g/mol. The Morgan fingerprint density at radius 3 is 1.62 bits per heavy atom. The summed E-state index contributed by atoms with van der Waals surface area (Å²) in [5.41, 5.74) is 6.56. The Balaban J connectivity index is 1.58. The maximum atomic E-state index is 12.9. The Labute approximate surface area is 218 Å². The number of thiocarbonyl (C=S) groups is 1. The first-order chi connectivity index (χ1) is 17.9. The fourth-order valence-electron chi connectivity index (χ4n) is 3.74. The van der Waals surface area contributed by atoms with Gasteiger partial charge in [0.2, 0.25) is 0 Å². The topological polar surface area (TPSA) is 126 Å². The molecule has 9 nitrogen and oxygen atoms in total. The zero-order valence-electron chi connectivity index (χ0n) is 19.5. The van der Waals surface area contributed by atoms with Crippen molar-refractivity contribution in [3.8, 4) is 0 Å². The third-order valence-electron chi connectivity index (χ3n) is 5.49. The minimum absolute atomic E-state index is 0.124. The maximum absolute atomic E-state index is 12.9. The molecule has 190 valence electrons. The number of benzene rings is 3. The molecule has 0 aliphatic carbocycles. The molecule has 3 aromatic rings. The van der Waals surface area contributed by atoms with Crippen LogP contribution in [0, 0.1) is 0 Å². The van der Waals surface area contributed by atoms with E-state index in [0.717, 1.165) is 0 Å². The standard InChI is InChI=1S/C27H24N2O7S/c28-27(37)29-23-22(36-26(32)19-14-8-3-9-15-19)21(35-25(31)18-12-6-2-7-13-18)20(34-23)16-33-24(30)17-10-4-1-5-11-17/h1-15,20-23H,16H2,(H3,28,29,37)/t20-,21+,22-,23+/m0/s1. The van der Waals surface area contributed by atoms with Crippen molar-refractivity contribution in [1.82, 2.24) is 5.32 Å². The van der Waals surface area contributed by atoms with Crippen molar-refractivity contribution < 1.29 is 33.3 Å². The summed E-state index contributed by atoms with van der Waals surface area (Å²) in [6.45, 7) is -0.296. The van der Waals surface area contributed by atoms with Crippen molar-refractivity contribution in [2.24, 2.45) is 5.73 Å². The van der Waals surface area contributed by atoms with Crippen LogP contribution in [0.1, 0.15) is 31.1 Å². The molecule has 0 radical (unpaired) electrons. The average Bonchev–Trinajstić information content (AvgIpc) is 3.23. The summed E-state index contributed by atoms with van der Waals surface area (Å²) in [5.74, 6) is -1.95. The lowest BCUT2D eigenvalue weighted by Crippen LogP contribution is -2.48. The summed E-state index contributed by atoms with van der Waals surface area (Å²) in [6, 6.07) is 25.0. The van der Waals surface area contributed by atoms with Gasteiger partial charge in [0, 0.05) is 0 Å². The van der Waals surface area contributed by atoms with Gasteiger partial charge in [-0.2, -0.15) is 0 Å². The van der Waals surface area contributed by atoms with Crippen LogP contribution in [0.3, 0.4) is 0 Å². The molecule has 0 bridgehead atoms. The van der Waals surface area contributed by atoms with E-state index in [1.807, 2.05) is 0 Å². The van der Waals surface area contributed by atoms with Crippen LogP contribution in [-0.2, 0) is 18.9 Å². The number of hydrogen-bond donors (Lipinski definition) is 2. The molecule has 0 aromatic heterocycles. The van der Waals surface area contributed by atoms with Crippen molar-refractivity contribution in [1.29, 1.82) is 0 Å². The molecule has 4 atom stereocenters. The molecule has 1 aliphatic heterocycles. The van der Waals surface area contributed by atoms with Crippen LogP contribution in [-0.4, -0.2) is 54.2 Å². The lowest BCUT2D eigenvalue weighted by Gasteiger charge is -2.24. The third kappa shape index (κ3) is 6.69. The summed E-state index contributed by atoms with van der Waals surface area (Å²) >= 11 is 4.96. The molecule has 3 aromatic carbocycles. The molecule has 1 heterocycles. The predicted molar refractivity (Wildman–Crippen MR) is 137 cm³/mol. The highest BCUT2D eigenvalue weighted by atomic mass is 32.1. The largest absolute Gasteiger partial charge is 0.459 e. The first kappa shape index (κ1) is 25.8. The highest BCUT2D eigenvalue weighted by Crippen LogP contribution is 2.28. The predicted octanol–water partition coefficient (Wildman–Crippen LogP) is 2.85. The van der Waals surface area contributed by atoms with E-state index in [0.29, 0.717) is 5.56 Å². The SMILES string of the molecule is NC(=S)N[C@@H]1O[C@@H](COC(=O)c2ccccc2)[C@@H](OC(=O)c2ccccc2)[C@@H]1OC(=O)c1ccccc1. The van der Waals surface area contributed by atoms with Crippen LogP contribution in [0.5, 0.6) is 0 Å². The fourth-order valence-corrected chi connectivity index (χ4v) is 3.85. The minimum atomic E-state index is -1.16. The molecule has 1 saturated heterocycles. The molecule has 0 spiro atoms. The quantitative estimate of drug-likeness (QED) is 0.260. The van der Waals surface area contributed by atoms with E-state index in [1.165, 1.54) is 0 Å². The lowest BCUT2D eigenvalue weighted by atomic mass is 10.1. The number of nitrogens with one attached hydrogen (secondary N) is 1. The molecule has 3 N–H and O–H groups in total. The van der Waals surface area contributed by atoms with Crippen LogP contribution < -0.4 is 11.1 Å². The molecule has 10 heteroatoms. The maximum Gasteiger partial charge on any atom is 0.338 e. The first-order valence-electron chi connectivity index (χ1n) is 11.4. The van der Waals surface area contributed by atoms with Gasteiger partial charge >= 0.3 is 17.9 Å². The second-order valence-corrected chi connectivity index (χ2v) is 8.48. The highest BCUT2D eigenvalue weighted by Gasteiger charge is 2.50. The highest BCUT2D eigenvalue weighted by molar-refractivity contribution is 7.80. The van der Waals surface area contributed by atoms with E-state index in [4.69, 9.17) is 36.9 Å². The summed E-state index contributed by atoms with van der Waals surface area (Å²) < 4.78 is 22.9. The molecule has 0 amide bonds. The number of ether oxygens (including phenoxy) is 4. The molecule has 0 saturated carbocycles. The van der Waals surface area contributed by atoms with Crippen molar-refractivity contribution in [3.63, 3.8) is 0 Å². The first-order valence-corrected chi connectivity index (χ1v) is 11.8. The van der Waals surface area contributed by atoms with Gasteiger partial charge in [-0.3, -0.25) is 0 Å². The molecular formula is C27H24N2O7S. The van der Waals surface area contributed by atoms with Crippen molar-refractivity contribution in [2.75, 3.05) is 6.61 Å². The molecule has 1 aliphatic rings. The smallest absolute Gasteiger partial charge is 0.338 e. The van der Waals surface area contributed by atoms with E-state index in [2.05, 4.69) is 5.32 Å². The summed E-state index contributed by atoms with van der Waals surface area (Å²) in [6.07, 6.45) is -4.39. The molecule has 37 heavy (non-hydrogen) atoms. The van der Waals surface area contributed by atoms with Gasteiger partial charge in [0.15, 0.2) is 23.5 Å². The zero-order valence-corrected chi connectivity index (χ0v) is 20.3. The minimum Gasteiger partial charge on any atom is -0.459 e. The summed E-state index contributed by atoms with van der Waals surface area (Å²) in [7, 11) is 0. The van der Waals surface area contributed by atoms with E-state index in [9.17, 15) is 14.4 Å². The number of carbonyl (C=O) groups is 3. The van der Waals surface area contributed by atoms with E-state index < -0.39 is 42.4 Å². The van der Waals surface area contributed by atoms with Gasteiger partial charge in [0.1, 0.15) is 12.7 Å². The van der Waals surface area contributed by atoms with Gasteiger partial charge < -0.3 is 30.0 Å². The van der Waals surface area contributed by atoms with Gasteiger partial charge in [-0.15, -0.1) is 0 Å². The van der Waals surface area contributed by atoms with Crippen LogP contribution in [0.4, 0.5) is 0 Å². The molecular weight excluding hydrogens is 496 g/mol. The Bertz CT molecular complexity index is 1240. The van der Waals surface area contributed by atoms with Gasteiger partial charge in [-0.05, 0) is 48.6 Å². The van der Waals surface area contributed by atoms with E-state index in [1.54, 1.807) is 91.0 Å². The number of hydrogen-bond acceptors (Lipinski definition) is 8. The molecule has 4 rings (SSSR count). The van der Waals surface area contributed by atoms with Gasteiger partial charge in [-0.1, -0.05) is 54.6 Å². The van der Waals surface area contributed by atoms with E-state index in [-0.39, 0.29) is 22.8 Å². The Hall–Kier alpha value is -4.28.